The van der Waals surface area contributed by atoms with Crippen molar-refractivity contribution in [3.63, 3.8) is 0 Å². The summed E-state index contributed by atoms with van der Waals surface area (Å²) in [7, 11) is 0. The number of hydrogen-bond donors (Lipinski definition) is 0. The van der Waals surface area contributed by atoms with Gasteiger partial charge in [0.15, 0.2) is 0 Å². The molecule has 1 heterocycles. The predicted octanol–water partition coefficient (Wildman–Crippen LogP) is 2.29. The maximum atomic E-state index is 5.90. The van der Waals surface area contributed by atoms with E-state index in [0.29, 0.717) is 10.7 Å². The van der Waals surface area contributed by atoms with Crippen LogP contribution in [0.5, 0.6) is 0 Å². The van der Waals surface area contributed by atoms with E-state index in [0.717, 1.165) is 18.3 Å². The molecule has 0 spiro atoms. The number of aromatic nitrogens is 3. The van der Waals surface area contributed by atoms with Crippen molar-refractivity contribution in [2.75, 3.05) is 0 Å². The van der Waals surface area contributed by atoms with Crippen LogP contribution in [-0.2, 0) is 6.54 Å². The largest absolute Gasteiger partial charge is 0.302 e. The number of rotatable bonds is 2. The molecule has 1 aromatic heterocycles. The Morgan fingerprint density at radius 1 is 1.54 bits per heavy atom. The second-order valence-electron chi connectivity index (χ2n) is 4.52. The highest BCUT2D eigenvalue weighted by Gasteiger charge is 2.45. The maximum Gasteiger partial charge on any atom is 0.225 e. The first-order valence-electron chi connectivity index (χ1n) is 4.56. The van der Waals surface area contributed by atoms with Crippen LogP contribution in [0.1, 0.15) is 26.1 Å². The summed E-state index contributed by atoms with van der Waals surface area (Å²) in [5.74, 6) is 1.65. The minimum absolute atomic E-state index is 0.486. The summed E-state index contributed by atoms with van der Waals surface area (Å²) in [5.41, 5.74) is 0.486. The third-order valence-corrected chi connectivity index (χ3v) is 3.29. The molecule has 1 aliphatic carbocycles. The van der Waals surface area contributed by atoms with Gasteiger partial charge in [0.1, 0.15) is 5.82 Å². The summed E-state index contributed by atoms with van der Waals surface area (Å²) in [6.45, 7) is 7.47. The molecule has 1 fully saturated rings. The fourth-order valence-electron chi connectivity index (χ4n) is 1.67. The molecule has 72 valence electrons. The second-order valence-corrected chi connectivity index (χ2v) is 4.85. The van der Waals surface area contributed by atoms with Crippen molar-refractivity contribution in [1.82, 2.24) is 14.8 Å². The zero-order valence-corrected chi connectivity index (χ0v) is 8.97. The minimum atomic E-state index is 0.486. The Bertz CT molecular complexity index is 310. The number of nitrogens with zero attached hydrogens (tertiary/aromatic N) is 3. The first kappa shape index (κ1) is 9.00. The summed E-state index contributed by atoms with van der Waals surface area (Å²) < 4.78 is 1.99. The van der Waals surface area contributed by atoms with Crippen LogP contribution in [0, 0.1) is 18.3 Å². The van der Waals surface area contributed by atoms with E-state index in [1.165, 1.54) is 6.42 Å². The van der Waals surface area contributed by atoms with Crippen molar-refractivity contribution in [3.8, 4) is 0 Å². The van der Waals surface area contributed by atoms with Crippen LogP contribution in [0.25, 0.3) is 0 Å². The van der Waals surface area contributed by atoms with E-state index in [1.807, 2.05) is 11.5 Å². The molecule has 4 heteroatoms. The number of hydrogen-bond acceptors (Lipinski definition) is 2. The molecule has 0 N–H and O–H groups in total. The van der Waals surface area contributed by atoms with Crippen molar-refractivity contribution in [2.45, 2.75) is 33.7 Å². The Kier molecular flexibility index (Phi) is 1.88. The van der Waals surface area contributed by atoms with Crippen LogP contribution >= 0.6 is 11.6 Å². The lowest BCUT2D eigenvalue weighted by Gasteiger charge is -2.06. The highest BCUT2D eigenvalue weighted by atomic mass is 35.5. The quantitative estimate of drug-likeness (QED) is 0.732. The third-order valence-electron chi connectivity index (χ3n) is 3.01. The molecule has 1 aliphatic rings. The average Bonchev–Trinajstić information content (AvgIpc) is 2.52. The van der Waals surface area contributed by atoms with Gasteiger partial charge in [0.05, 0.1) is 0 Å². The van der Waals surface area contributed by atoms with E-state index in [-0.39, 0.29) is 0 Å². The molecule has 0 aliphatic heterocycles. The van der Waals surface area contributed by atoms with Gasteiger partial charge in [0.2, 0.25) is 5.28 Å². The number of halogens is 1. The van der Waals surface area contributed by atoms with Crippen LogP contribution in [-0.4, -0.2) is 14.8 Å². The lowest BCUT2D eigenvalue weighted by Crippen LogP contribution is -2.05. The molecule has 0 bridgehead atoms. The van der Waals surface area contributed by atoms with Gasteiger partial charge in [-0.2, -0.15) is 0 Å². The van der Waals surface area contributed by atoms with Gasteiger partial charge in [-0.25, -0.2) is 0 Å². The monoisotopic (exact) mass is 199 g/mol. The van der Waals surface area contributed by atoms with Gasteiger partial charge < -0.3 is 4.57 Å². The van der Waals surface area contributed by atoms with Gasteiger partial charge >= 0.3 is 0 Å². The Morgan fingerprint density at radius 2 is 2.15 bits per heavy atom. The predicted molar refractivity (Wildman–Crippen MR) is 51.7 cm³/mol. The van der Waals surface area contributed by atoms with Gasteiger partial charge in [-0.15, -0.1) is 10.2 Å². The Morgan fingerprint density at radius 3 is 2.54 bits per heavy atom. The average molecular weight is 200 g/mol. The standard InChI is InChI=1S/C9H14ClN3/c1-6-11-12-8(10)13(6)5-7-4-9(7,2)3/h7H,4-5H2,1-3H3. The normalized spacial score (nSPS) is 24.8. The molecule has 0 saturated heterocycles. The zero-order valence-electron chi connectivity index (χ0n) is 8.21. The van der Waals surface area contributed by atoms with Crippen molar-refractivity contribution in [1.29, 1.82) is 0 Å². The van der Waals surface area contributed by atoms with E-state index in [1.54, 1.807) is 0 Å². The first-order valence-corrected chi connectivity index (χ1v) is 4.94. The van der Waals surface area contributed by atoms with Crippen molar-refractivity contribution in [2.24, 2.45) is 11.3 Å². The molecule has 2 rings (SSSR count). The molecule has 1 unspecified atom stereocenters. The lowest BCUT2D eigenvalue weighted by molar-refractivity contribution is 0.493. The Hall–Kier alpha value is -0.570. The number of aryl methyl sites for hydroxylation is 1. The molecule has 1 atom stereocenters. The van der Waals surface area contributed by atoms with Crippen LogP contribution < -0.4 is 0 Å². The molecule has 1 saturated carbocycles. The van der Waals surface area contributed by atoms with Gasteiger partial charge in [0, 0.05) is 6.54 Å². The molecule has 1 aromatic rings. The lowest BCUT2D eigenvalue weighted by atomic mass is 10.1. The van der Waals surface area contributed by atoms with E-state index in [9.17, 15) is 0 Å². The van der Waals surface area contributed by atoms with Gasteiger partial charge in [-0.05, 0) is 36.3 Å². The van der Waals surface area contributed by atoms with E-state index < -0.39 is 0 Å². The highest BCUT2D eigenvalue weighted by molar-refractivity contribution is 6.28. The third kappa shape index (κ3) is 1.57. The fourth-order valence-corrected chi connectivity index (χ4v) is 1.90. The second kappa shape index (κ2) is 2.71. The summed E-state index contributed by atoms with van der Waals surface area (Å²) in [4.78, 5) is 0. The molecule has 0 radical (unpaired) electrons. The minimum Gasteiger partial charge on any atom is -0.302 e. The van der Waals surface area contributed by atoms with Crippen LogP contribution in [0.2, 0.25) is 5.28 Å². The molecule has 13 heavy (non-hydrogen) atoms. The van der Waals surface area contributed by atoms with Gasteiger partial charge in [0.25, 0.3) is 0 Å². The maximum absolute atomic E-state index is 5.90. The van der Waals surface area contributed by atoms with Crippen LogP contribution in [0.4, 0.5) is 0 Å². The van der Waals surface area contributed by atoms with Gasteiger partial charge in [-0.3, -0.25) is 0 Å². The van der Waals surface area contributed by atoms with Crippen molar-refractivity contribution in [3.05, 3.63) is 11.1 Å². The SMILES string of the molecule is Cc1nnc(Cl)n1CC1CC1(C)C. The Balaban J connectivity index is 2.11. The fraction of sp³-hybridized carbons (Fsp3) is 0.778. The van der Waals surface area contributed by atoms with Crippen LogP contribution in [0.15, 0.2) is 0 Å². The van der Waals surface area contributed by atoms with E-state index in [4.69, 9.17) is 11.6 Å². The Labute approximate surface area is 83.1 Å². The summed E-state index contributed by atoms with van der Waals surface area (Å²) >= 11 is 5.90. The zero-order chi connectivity index (χ0) is 9.64. The van der Waals surface area contributed by atoms with E-state index >= 15 is 0 Å². The molecular formula is C9H14ClN3. The smallest absolute Gasteiger partial charge is 0.225 e. The molecular weight excluding hydrogens is 186 g/mol. The summed E-state index contributed by atoms with van der Waals surface area (Å²) in [5, 5.41) is 8.26. The van der Waals surface area contributed by atoms with Gasteiger partial charge in [-0.1, -0.05) is 13.8 Å². The van der Waals surface area contributed by atoms with Crippen LogP contribution in [0.3, 0.4) is 0 Å². The molecule has 0 aromatic carbocycles. The van der Waals surface area contributed by atoms with E-state index in [2.05, 4.69) is 24.0 Å². The summed E-state index contributed by atoms with van der Waals surface area (Å²) in [6.07, 6.45) is 1.28. The van der Waals surface area contributed by atoms with Crippen molar-refractivity contribution >= 4 is 11.6 Å². The topological polar surface area (TPSA) is 30.7 Å². The van der Waals surface area contributed by atoms with Crippen molar-refractivity contribution < 1.29 is 0 Å². The summed E-state index contributed by atoms with van der Waals surface area (Å²) in [6, 6.07) is 0. The highest BCUT2D eigenvalue weighted by Crippen LogP contribution is 2.52. The molecule has 0 amide bonds. The molecule has 3 nitrogen and oxygen atoms in total. The first-order chi connectivity index (χ1) is 6.00.